The first-order valence-corrected chi connectivity index (χ1v) is 9.55. The highest BCUT2D eigenvalue weighted by molar-refractivity contribution is 6.32. The largest absolute Gasteiger partial charge is 0.478 e. The van der Waals surface area contributed by atoms with Crippen LogP contribution < -0.4 is 4.90 Å². The standard InChI is InChI=1S/C21H20Cl2N2O2/c1-3-25(4-2)20-19(21(26)27)16(11-13-7-5-6-8-17(13)23)15-12-14(22)9-10-18(15)24-20/h5-10,12H,3-4,11H2,1-2H3,(H,26,27). The summed E-state index contributed by atoms with van der Waals surface area (Å²) in [6.45, 7) is 5.29. The van der Waals surface area contributed by atoms with Crippen molar-refractivity contribution in [2.24, 2.45) is 0 Å². The number of nitrogens with zero attached hydrogens (tertiary/aromatic N) is 2. The Morgan fingerprint density at radius 2 is 1.81 bits per heavy atom. The molecule has 0 aliphatic carbocycles. The van der Waals surface area contributed by atoms with Gasteiger partial charge in [-0.05, 0) is 49.2 Å². The van der Waals surface area contributed by atoms with Gasteiger partial charge in [-0.1, -0.05) is 41.4 Å². The van der Waals surface area contributed by atoms with Gasteiger partial charge in [0.05, 0.1) is 5.52 Å². The van der Waals surface area contributed by atoms with Gasteiger partial charge in [-0.3, -0.25) is 0 Å². The lowest BCUT2D eigenvalue weighted by molar-refractivity contribution is 0.0696. The first-order chi connectivity index (χ1) is 13.0. The van der Waals surface area contributed by atoms with Gasteiger partial charge in [-0.15, -0.1) is 0 Å². The second-order valence-corrected chi connectivity index (χ2v) is 7.04. The summed E-state index contributed by atoms with van der Waals surface area (Å²) in [4.78, 5) is 18.9. The number of fused-ring (bicyclic) bond motifs is 1. The molecule has 140 valence electrons. The van der Waals surface area contributed by atoms with Gasteiger partial charge in [0.2, 0.25) is 0 Å². The number of carboxylic acid groups (broad SMARTS) is 1. The maximum atomic E-state index is 12.3. The van der Waals surface area contributed by atoms with Crippen molar-refractivity contribution >= 4 is 45.9 Å². The molecule has 2 aromatic carbocycles. The quantitative estimate of drug-likeness (QED) is 0.576. The smallest absolute Gasteiger partial charge is 0.339 e. The van der Waals surface area contributed by atoms with Crippen LogP contribution in [0.15, 0.2) is 42.5 Å². The van der Waals surface area contributed by atoms with E-state index in [9.17, 15) is 9.90 Å². The number of halogens is 2. The number of aromatic nitrogens is 1. The summed E-state index contributed by atoms with van der Waals surface area (Å²) in [5.74, 6) is -0.530. The van der Waals surface area contributed by atoms with Gasteiger partial charge in [0.25, 0.3) is 0 Å². The van der Waals surface area contributed by atoms with Crippen LogP contribution in [-0.4, -0.2) is 29.1 Å². The van der Waals surface area contributed by atoms with Gasteiger partial charge in [-0.2, -0.15) is 0 Å². The van der Waals surface area contributed by atoms with Gasteiger partial charge in [0, 0.05) is 34.9 Å². The fraction of sp³-hybridized carbons (Fsp3) is 0.238. The molecule has 0 fully saturated rings. The number of benzene rings is 2. The van der Waals surface area contributed by atoms with Crippen molar-refractivity contribution in [1.29, 1.82) is 0 Å². The first-order valence-electron chi connectivity index (χ1n) is 8.80. The maximum absolute atomic E-state index is 12.3. The minimum absolute atomic E-state index is 0.202. The Bertz CT molecular complexity index is 1000. The number of hydrogen-bond donors (Lipinski definition) is 1. The molecule has 0 saturated heterocycles. The molecule has 6 heteroatoms. The van der Waals surface area contributed by atoms with Crippen LogP contribution in [0.1, 0.15) is 35.3 Å². The van der Waals surface area contributed by atoms with Crippen molar-refractivity contribution < 1.29 is 9.90 Å². The summed E-state index contributed by atoms with van der Waals surface area (Å²) in [5, 5.41) is 11.9. The van der Waals surface area contributed by atoms with Crippen molar-refractivity contribution in [2.45, 2.75) is 20.3 Å². The van der Waals surface area contributed by atoms with Gasteiger partial charge in [-0.25, -0.2) is 9.78 Å². The SMILES string of the molecule is CCN(CC)c1nc2ccc(Cl)cc2c(Cc2ccccc2Cl)c1C(=O)O. The zero-order chi connectivity index (χ0) is 19.6. The molecule has 0 aliphatic rings. The van der Waals surface area contributed by atoms with Crippen LogP contribution in [0, 0.1) is 0 Å². The first kappa shape index (κ1) is 19.5. The van der Waals surface area contributed by atoms with E-state index in [-0.39, 0.29) is 5.56 Å². The number of anilines is 1. The molecule has 0 spiro atoms. The predicted molar refractivity (Wildman–Crippen MR) is 112 cm³/mol. The van der Waals surface area contributed by atoms with Crippen molar-refractivity contribution in [3.05, 3.63) is 69.2 Å². The fourth-order valence-electron chi connectivity index (χ4n) is 3.28. The highest BCUT2D eigenvalue weighted by atomic mass is 35.5. The van der Waals surface area contributed by atoms with Gasteiger partial charge < -0.3 is 10.0 Å². The van der Waals surface area contributed by atoms with Crippen molar-refractivity contribution in [2.75, 3.05) is 18.0 Å². The van der Waals surface area contributed by atoms with Crippen LogP contribution in [0.4, 0.5) is 5.82 Å². The van der Waals surface area contributed by atoms with E-state index >= 15 is 0 Å². The Morgan fingerprint density at radius 3 is 2.44 bits per heavy atom. The molecule has 1 N–H and O–H groups in total. The molecule has 0 bridgehead atoms. The molecule has 0 aliphatic heterocycles. The van der Waals surface area contributed by atoms with Crippen LogP contribution >= 0.6 is 23.2 Å². The topological polar surface area (TPSA) is 53.4 Å². The van der Waals surface area contributed by atoms with E-state index in [1.165, 1.54) is 0 Å². The van der Waals surface area contributed by atoms with E-state index in [2.05, 4.69) is 4.98 Å². The third-order valence-electron chi connectivity index (χ3n) is 4.64. The van der Waals surface area contributed by atoms with E-state index < -0.39 is 5.97 Å². The number of pyridine rings is 1. The lowest BCUT2D eigenvalue weighted by Crippen LogP contribution is -2.26. The van der Waals surface area contributed by atoms with Crippen LogP contribution in [0.3, 0.4) is 0 Å². The number of aromatic carboxylic acids is 1. The Hall–Kier alpha value is -2.30. The lowest BCUT2D eigenvalue weighted by Gasteiger charge is -2.24. The Morgan fingerprint density at radius 1 is 1.11 bits per heavy atom. The van der Waals surface area contributed by atoms with Crippen LogP contribution in [-0.2, 0) is 6.42 Å². The average molecular weight is 403 g/mol. The van der Waals surface area contributed by atoms with Gasteiger partial charge >= 0.3 is 5.97 Å². The molecule has 0 atom stereocenters. The molecule has 0 unspecified atom stereocenters. The highest BCUT2D eigenvalue weighted by Gasteiger charge is 2.24. The summed E-state index contributed by atoms with van der Waals surface area (Å²) in [5.41, 5.74) is 2.45. The molecule has 3 aromatic rings. The average Bonchev–Trinajstić information content (AvgIpc) is 2.64. The van der Waals surface area contributed by atoms with Crippen molar-refractivity contribution in [3.63, 3.8) is 0 Å². The fourth-order valence-corrected chi connectivity index (χ4v) is 3.65. The summed E-state index contributed by atoms with van der Waals surface area (Å²) < 4.78 is 0. The number of hydrogen-bond acceptors (Lipinski definition) is 3. The Kier molecular flexibility index (Phi) is 5.88. The third-order valence-corrected chi connectivity index (χ3v) is 5.24. The highest BCUT2D eigenvalue weighted by Crippen LogP contribution is 2.33. The van der Waals surface area contributed by atoms with Crippen molar-refractivity contribution in [3.8, 4) is 0 Å². The Balaban J connectivity index is 2.35. The second kappa shape index (κ2) is 8.15. The minimum atomic E-state index is -1.01. The number of carboxylic acids is 1. The molecular weight excluding hydrogens is 383 g/mol. The normalized spacial score (nSPS) is 11.0. The Labute approximate surface area is 168 Å². The summed E-state index contributed by atoms with van der Waals surface area (Å²) in [6, 6.07) is 12.8. The summed E-state index contributed by atoms with van der Waals surface area (Å²) in [7, 11) is 0. The number of carbonyl (C=O) groups is 1. The molecule has 0 saturated carbocycles. The summed E-state index contributed by atoms with van der Waals surface area (Å²) in [6.07, 6.45) is 0.384. The van der Waals surface area contributed by atoms with E-state index in [1.54, 1.807) is 18.2 Å². The molecular formula is C21H20Cl2N2O2. The second-order valence-electron chi connectivity index (χ2n) is 6.20. The van der Waals surface area contributed by atoms with Crippen molar-refractivity contribution in [1.82, 2.24) is 4.98 Å². The maximum Gasteiger partial charge on any atom is 0.339 e. The molecule has 27 heavy (non-hydrogen) atoms. The van der Waals surface area contributed by atoms with E-state index in [0.29, 0.717) is 46.5 Å². The molecule has 1 aromatic heterocycles. The van der Waals surface area contributed by atoms with E-state index in [1.807, 2.05) is 43.0 Å². The van der Waals surface area contributed by atoms with Gasteiger partial charge in [0.15, 0.2) is 0 Å². The molecule has 0 amide bonds. The lowest BCUT2D eigenvalue weighted by atomic mass is 9.95. The van der Waals surface area contributed by atoms with E-state index in [4.69, 9.17) is 23.2 Å². The van der Waals surface area contributed by atoms with Gasteiger partial charge in [0.1, 0.15) is 11.4 Å². The number of rotatable bonds is 6. The predicted octanol–water partition coefficient (Wildman–Crippen LogP) is 5.68. The van der Waals surface area contributed by atoms with E-state index in [0.717, 1.165) is 10.9 Å². The summed E-state index contributed by atoms with van der Waals surface area (Å²) >= 11 is 12.5. The molecule has 1 heterocycles. The molecule has 0 radical (unpaired) electrons. The zero-order valence-electron chi connectivity index (χ0n) is 15.2. The molecule has 3 rings (SSSR count). The van der Waals surface area contributed by atoms with Crippen LogP contribution in [0.5, 0.6) is 0 Å². The van der Waals surface area contributed by atoms with Crippen LogP contribution in [0.2, 0.25) is 10.0 Å². The zero-order valence-corrected chi connectivity index (χ0v) is 16.7. The third kappa shape index (κ3) is 3.87. The van der Waals surface area contributed by atoms with Crippen LogP contribution in [0.25, 0.3) is 10.9 Å². The monoisotopic (exact) mass is 402 g/mol. The minimum Gasteiger partial charge on any atom is -0.478 e. The molecule has 4 nitrogen and oxygen atoms in total.